The monoisotopic (exact) mass is 328 g/mol. The van der Waals surface area contributed by atoms with Gasteiger partial charge >= 0.3 is 0 Å². The minimum Gasteiger partial charge on any atom is -0.340 e. The van der Waals surface area contributed by atoms with E-state index in [-0.39, 0.29) is 5.41 Å². The van der Waals surface area contributed by atoms with E-state index in [0.717, 1.165) is 43.0 Å². The maximum atomic E-state index is 5.61. The molecule has 24 heavy (non-hydrogen) atoms. The van der Waals surface area contributed by atoms with Crippen molar-refractivity contribution in [2.24, 2.45) is 13.0 Å². The lowest BCUT2D eigenvalue weighted by atomic mass is 9.80. The highest BCUT2D eigenvalue weighted by molar-refractivity contribution is 5.39. The molecular formula is C17H24N6O. The second-order valence-electron chi connectivity index (χ2n) is 7.82. The molecular weight excluding hydrogens is 304 g/mol. The average Bonchev–Trinajstić information content (AvgIpc) is 3.21. The van der Waals surface area contributed by atoms with E-state index in [1.54, 1.807) is 0 Å². The van der Waals surface area contributed by atoms with Gasteiger partial charge in [0.1, 0.15) is 5.82 Å². The summed E-state index contributed by atoms with van der Waals surface area (Å²) in [6, 6.07) is 0. The van der Waals surface area contributed by atoms with Crippen molar-refractivity contribution < 1.29 is 4.52 Å². The lowest BCUT2D eigenvalue weighted by molar-refractivity contribution is 0.265. The normalized spacial score (nSPS) is 29.9. The maximum Gasteiger partial charge on any atom is 0.234 e. The van der Waals surface area contributed by atoms with Crippen molar-refractivity contribution in [3.05, 3.63) is 17.5 Å². The van der Waals surface area contributed by atoms with Crippen LogP contribution in [0.2, 0.25) is 0 Å². The van der Waals surface area contributed by atoms with Crippen molar-refractivity contribution in [2.75, 3.05) is 18.0 Å². The summed E-state index contributed by atoms with van der Waals surface area (Å²) in [6.45, 7) is 3.82. The van der Waals surface area contributed by atoms with Crippen molar-refractivity contribution in [1.29, 1.82) is 0 Å². The first-order chi connectivity index (χ1) is 11.7. The van der Waals surface area contributed by atoms with Gasteiger partial charge in [-0.15, -0.1) is 10.2 Å². The fourth-order valence-electron chi connectivity index (χ4n) is 4.92. The van der Waals surface area contributed by atoms with Gasteiger partial charge in [-0.25, -0.2) is 0 Å². The Balaban J connectivity index is 1.46. The first-order valence-electron chi connectivity index (χ1n) is 9.12. The smallest absolute Gasteiger partial charge is 0.234 e. The molecule has 2 saturated carbocycles. The zero-order chi connectivity index (χ0) is 16.3. The molecule has 0 radical (unpaired) electrons. The molecule has 0 N–H and O–H groups in total. The lowest BCUT2D eigenvalue weighted by Gasteiger charge is -2.26. The second-order valence-corrected chi connectivity index (χ2v) is 7.82. The van der Waals surface area contributed by atoms with Crippen molar-refractivity contribution >= 4 is 5.95 Å². The third-order valence-corrected chi connectivity index (χ3v) is 6.46. The van der Waals surface area contributed by atoms with Crippen LogP contribution < -0.4 is 4.90 Å². The summed E-state index contributed by atoms with van der Waals surface area (Å²) in [7, 11) is 2.11. The molecule has 2 aliphatic carbocycles. The highest BCUT2D eigenvalue weighted by Crippen LogP contribution is 2.50. The van der Waals surface area contributed by atoms with E-state index in [1.807, 2.05) is 6.92 Å². The fourth-order valence-corrected chi connectivity index (χ4v) is 4.92. The largest absolute Gasteiger partial charge is 0.340 e. The minimum atomic E-state index is 0.00381. The van der Waals surface area contributed by atoms with Crippen molar-refractivity contribution in [1.82, 2.24) is 24.9 Å². The predicted molar refractivity (Wildman–Crippen MR) is 87.9 cm³/mol. The first-order valence-corrected chi connectivity index (χ1v) is 9.12. The Hall–Kier alpha value is -1.92. The summed E-state index contributed by atoms with van der Waals surface area (Å²) in [6.07, 6.45) is 7.42. The molecule has 2 aromatic rings. The molecule has 3 heterocycles. The molecule has 128 valence electrons. The summed E-state index contributed by atoms with van der Waals surface area (Å²) in [5.74, 6) is 4.88. The number of rotatable bonds is 3. The van der Waals surface area contributed by atoms with Crippen LogP contribution in [0, 0.1) is 12.8 Å². The molecule has 0 unspecified atom stereocenters. The topological polar surface area (TPSA) is 72.9 Å². The number of hydrogen-bond acceptors (Lipinski definition) is 6. The van der Waals surface area contributed by atoms with Crippen molar-refractivity contribution in [2.45, 2.75) is 56.8 Å². The molecule has 0 amide bonds. The van der Waals surface area contributed by atoms with Gasteiger partial charge in [0.2, 0.25) is 11.8 Å². The van der Waals surface area contributed by atoms with Crippen LogP contribution in [0.15, 0.2) is 4.52 Å². The van der Waals surface area contributed by atoms with Crippen LogP contribution in [0.25, 0.3) is 0 Å². The quantitative estimate of drug-likeness (QED) is 0.861. The van der Waals surface area contributed by atoms with Crippen LogP contribution in [0.1, 0.15) is 62.0 Å². The molecule has 2 atom stereocenters. The number of anilines is 1. The fraction of sp³-hybridized carbons (Fsp3) is 0.765. The van der Waals surface area contributed by atoms with Gasteiger partial charge in [-0.2, -0.15) is 4.98 Å². The molecule has 7 nitrogen and oxygen atoms in total. The third-order valence-electron chi connectivity index (χ3n) is 6.46. The SMILES string of the molecule is Cc1noc([C@]23CCC[C@H]2CN(c2nnc(C4CCC4)n2C)C3)n1. The Bertz CT molecular complexity index is 763. The zero-order valence-electron chi connectivity index (χ0n) is 14.4. The molecule has 7 heteroatoms. The van der Waals surface area contributed by atoms with E-state index in [9.17, 15) is 0 Å². The van der Waals surface area contributed by atoms with E-state index < -0.39 is 0 Å². The van der Waals surface area contributed by atoms with E-state index in [0.29, 0.717) is 11.8 Å². The molecule has 3 fully saturated rings. The summed E-state index contributed by atoms with van der Waals surface area (Å²) in [4.78, 5) is 6.97. The Labute approximate surface area is 141 Å². The standard InChI is InChI=1S/C17H24N6O/c1-11-18-15(24-21-11)17-8-4-7-13(17)9-23(10-17)16-20-19-14(22(16)2)12-5-3-6-12/h12-13H,3-10H2,1-2H3/t13-,17-/m0/s1. The van der Waals surface area contributed by atoms with Crippen LogP contribution in [0.5, 0.6) is 0 Å². The van der Waals surface area contributed by atoms with Gasteiger partial charge in [0.25, 0.3) is 0 Å². The van der Waals surface area contributed by atoms with Gasteiger partial charge in [-0.05, 0) is 38.5 Å². The van der Waals surface area contributed by atoms with Gasteiger partial charge in [0, 0.05) is 26.1 Å². The number of hydrogen-bond donors (Lipinski definition) is 0. The summed E-state index contributed by atoms with van der Waals surface area (Å²) in [5, 5.41) is 13.1. The van der Waals surface area contributed by atoms with E-state index in [2.05, 4.69) is 36.9 Å². The predicted octanol–water partition coefficient (Wildman–Crippen LogP) is 2.33. The number of aromatic nitrogens is 5. The van der Waals surface area contributed by atoms with Crippen LogP contribution >= 0.6 is 0 Å². The molecule has 0 aromatic carbocycles. The van der Waals surface area contributed by atoms with Gasteiger partial charge in [-0.3, -0.25) is 0 Å². The molecule has 0 bridgehead atoms. The molecule has 5 rings (SSSR count). The Morgan fingerprint density at radius 2 is 2.04 bits per heavy atom. The van der Waals surface area contributed by atoms with E-state index >= 15 is 0 Å². The van der Waals surface area contributed by atoms with Crippen LogP contribution in [0.3, 0.4) is 0 Å². The highest BCUT2D eigenvalue weighted by atomic mass is 16.5. The molecule has 0 spiro atoms. The van der Waals surface area contributed by atoms with Crippen LogP contribution in [-0.4, -0.2) is 38.0 Å². The summed E-state index contributed by atoms with van der Waals surface area (Å²) >= 11 is 0. The molecule has 3 aliphatic rings. The van der Waals surface area contributed by atoms with Crippen molar-refractivity contribution in [3.8, 4) is 0 Å². The highest BCUT2D eigenvalue weighted by Gasteiger charge is 2.55. The van der Waals surface area contributed by atoms with Crippen LogP contribution in [-0.2, 0) is 12.5 Å². The Kier molecular flexibility index (Phi) is 3.03. The minimum absolute atomic E-state index is 0.00381. The molecule has 2 aromatic heterocycles. The van der Waals surface area contributed by atoms with Gasteiger partial charge in [-0.1, -0.05) is 18.0 Å². The lowest BCUT2D eigenvalue weighted by Crippen LogP contribution is -2.33. The number of fused-ring (bicyclic) bond motifs is 1. The van der Waals surface area contributed by atoms with E-state index in [1.165, 1.54) is 32.1 Å². The first kappa shape index (κ1) is 14.4. The Morgan fingerprint density at radius 1 is 1.17 bits per heavy atom. The van der Waals surface area contributed by atoms with E-state index in [4.69, 9.17) is 4.52 Å². The van der Waals surface area contributed by atoms with Gasteiger partial charge < -0.3 is 14.0 Å². The van der Waals surface area contributed by atoms with Crippen LogP contribution in [0.4, 0.5) is 5.95 Å². The third kappa shape index (κ3) is 1.90. The number of nitrogens with zero attached hydrogens (tertiary/aromatic N) is 6. The second kappa shape index (κ2) is 5.04. The van der Waals surface area contributed by atoms with Gasteiger partial charge in [0.15, 0.2) is 5.82 Å². The molecule has 1 aliphatic heterocycles. The van der Waals surface area contributed by atoms with Crippen molar-refractivity contribution in [3.63, 3.8) is 0 Å². The Morgan fingerprint density at radius 3 is 2.75 bits per heavy atom. The average molecular weight is 328 g/mol. The summed E-state index contributed by atoms with van der Waals surface area (Å²) in [5.41, 5.74) is 0.00381. The van der Waals surface area contributed by atoms with Gasteiger partial charge in [0.05, 0.1) is 5.41 Å². The summed E-state index contributed by atoms with van der Waals surface area (Å²) < 4.78 is 7.81. The zero-order valence-corrected chi connectivity index (χ0v) is 14.4. The maximum absolute atomic E-state index is 5.61. The molecule has 1 saturated heterocycles. The number of aryl methyl sites for hydroxylation is 1.